The summed E-state index contributed by atoms with van der Waals surface area (Å²) >= 11 is 9.66. The number of carbonyl (C=O) groups excluding carboxylic acids is 1. The molecular formula is C17H12BrClN6O. The van der Waals surface area contributed by atoms with Crippen molar-refractivity contribution < 1.29 is 4.79 Å². The first-order valence-corrected chi connectivity index (χ1v) is 8.83. The van der Waals surface area contributed by atoms with Crippen molar-refractivity contribution in [3.63, 3.8) is 0 Å². The van der Waals surface area contributed by atoms with Gasteiger partial charge in [0.05, 0.1) is 16.1 Å². The Morgan fingerprint density at radius 1 is 1.31 bits per heavy atom. The van der Waals surface area contributed by atoms with Gasteiger partial charge in [0.15, 0.2) is 11.6 Å². The minimum absolute atomic E-state index is 0.198. The number of benzene rings is 1. The topological polar surface area (TPSA) is 88.5 Å². The number of amides is 1. The van der Waals surface area contributed by atoms with Gasteiger partial charge >= 0.3 is 0 Å². The number of fused-ring (bicyclic) bond motifs is 1. The van der Waals surface area contributed by atoms with Crippen molar-refractivity contribution in [3.8, 4) is 17.3 Å². The van der Waals surface area contributed by atoms with E-state index in [9.17, 15) is 4.79 Å². The standard InChI is InChI=1S/C17H12BrClN6O/c1-20-17(26)9-4-2-6-11-14(9)23-15(22-11)12-8-13(18)24-25(12)16-10(19)5-3-7-21-16/h2-8H,1H3,(H,20,26)(H,22,23). The predicted octanol–water partition coefficient (Wildman–Crippen LogP) is 3.59. The number of para-hydroxylation sites is 1. The smallest absolute Gasteiger partial charge is 0.253 e. The summed E-state index contributed by atoms with van der Waals surface area (Å²) in [7, 11) is 1.59. The molecule has 0 saturated heterocycles. The second kappa shape index (κ2) is 6.54. The zero-order chi connectivity index (χ0) is 18.3. The Morgan fingerprint density at radius 3 is 2.92 bits per heavy atom. The summed E-state index contributed by atoms with van der Waals surface area (Å²) in [6.45, 7) is 0. The zero-order valence-electron chi connectivity index (χ0n) is 13.5. The Morgan fingerprint density at radius 2 is 2.15 bits per heavy atom. The van der Waals surface area contributed by atoms with Crippen molar-refractivity contribution in [2.45, 2.75) is 0 Å². The molecule has 1 amide bonds. The number of carbonyl (C=O) groups is 1. The van der Waals surface area contributed by atoms with Gasteiger partial charge in [-0.25, -0.2) is 14.6 Å². The second-order valence-corrected chi connectivity index (χ2v) is 6.66. The molecule has 0 saturated carbocycles. The molecular weight excluding hydrogens is 420 g/mol. The minimum atomic E-state index is -0.198. The van der Waals surface area contributed by atoms with Crippen molar-refractivity contribution in [2.75, 3.05) is 7.05 Å². The number of aromatic nitrogens is 5. The molecule has 0 aliphatic rings. The van der Waals surface area contributed by atoms with E-state index in [0.717, 1.165) is 5.52 Å². The quantitative estimate of drug-likeness (QED) is 0.519. The third-order valence-electron chi connectivity index (χ3n) is 3.85. The minimum Gasteiger partial charge on any atom is -0.355 e. The number of aromatic amines is 1. The van der Waals surface area contributed by atoms with Gasteiger partial charge in [-0.05, 0) is 40.2 Å². The van der Waals surface area contributed by atoms with E-state index in [-0.39, 0.29) is 5.91 Å². The molecule has 0 atom stereocenters. The van der Waals surface area contributed by atoms with Gasteiger partial charge in [0.2, 0.25) is 0 Å². The van der Waals surface area contributed by atoms with E-state index < -0.39 is 0 Å². The van der Waals surface area contributed by atoms with Crippen LogP contribution in [0.25, 0.3) is 28.4 Å². The largest absolute Gasteiger partial charge is 0.355 e. The van der Waals surface area contributed by atoms with Gasteiger partial charge < -0.3 is 10.3 Å². The Bertz CT molecular complexity index is 1140. The maximum atomic E-state index is 12.1. The lowest BCUT2D eigenvalue weighted by Gasteiger charge is -2.05. The third kappa shape index (κ3) is 2.77. The number of hydrogen-bond donors (Lipinski definition) is 2. The monoisotopic (exact) mass is 430 g/mol. The van der Waals surface area contributed by atoms with Gasteiger partial charge in [0.1, 0.15) is 15.8 Å². The number of H-pyrrole nitrogens is 1. The molecule has 0 fully saturated rings. The SMILES string of the molecule is CNC(=O)c1cccc2[nH]c(-c3cc(Br)nn3-c3ncccc3Cl)nc12. The molecule has 9 heteroatoms. The van der Waals surface area contributed by atoms with Gasteiger partial charge in [-0.15, -0.1) is 0 Å². The molecule has 0 aliphatic heterocycles. The average molecular weight is 432 g/mol. The van der Waals surface area contributed by atoms with Crippen LogP contribution in [0.15, 0.2) is 47.2 Å². The van der Waals surface area contributed by atoms with Crippen LogP contribution in [0.2, 0.25) is 5.02 Å². The van der Waals surface area contributed by atoms with Crippen LogP contribution in [0, 0.1) is 0 Å². The van der Waals surface area contributed by atoms with E-state index in [4.69, 9.17) is 11.6 Å². The van der Waals surface area contributed by atoms with Crippen molar-refractivity contribution in [2.24, 2.45) is 0 Å². The molecule has 0 spiro atoms. The van der Waals surface area contributed by atoms with E-state index >= 15 is 0 Å². The normalized spacial score (nSPS) is 11.0. The lowest BCUT2D eigenvalue weighted by molar-refractivity contribution is 0.0964. The second-order valence-electron chi connectivity index (χ2n) is 5.44. The highest BCUT2D eigenvalue weighted by molar-refractivity contribution is 9.10. The summed E-state index contributed by atoms with van der Waals surface area (Å²) < 4.78 is 2.21. The fourth-order valence-electron chi connectivity index (χ4n) is 2.69. The number of pyridine rings is 1. The summed E-state index contributed by atoms with van der Waals surface area (Å²) in [5.74, 6) is 0.842. The third-order valence-corrected chi connectivity index (χ3v) is 4.53. The van der Waals surface area contributed by atoms with Crippen molar-refractivity contribution in [1.82, 2.24) is 30.0 Å². The fourth-order valence-corrected chi connectivity index (χ4v) is 3.26. The van der Waals surface area contributed by atoms with Crippen LogP contribution in [0.1, 0.15) is 10.4 Å². The number of halogens is 2. The maximum Gasteiger partial charge on any atom is 0.253 e. The molecule has 130 valence electrons. The van der Waals surface area contributed by atoms with Crippen molar-refractivity contribution >= 4 is 44.5 Å². The fraction of sp³-hybridized carbons (Fsp3) is 0.0588. The van der Waals surface area contributed by atoms with Crippen LogP contribution in [0.4, 0.5) is 0 Å². The van der Waals surface area contributed by atoms with Gasteiger partial charge in [-0.2, -0.15) is 5.10 Å². The average Bonchev–Trinajstić information content (AvgIpc) is 3.24. The van der Waals surface area contributed by atoms with E-state index in [1.54, 1.807) is 42.2 Å². The summed E-state index contributed by atoms with van der Waals surface area (Å²) in [5, 5.41) is 7.50. The molecule has 0 unspecified atom stereocenters. The summed E-state index contributed by atoms with van der Waals surface area (Å²) in [6, 6.07) is 10.7. The lowest BCUT2D eigenvalue weighted by atomic mass is 10.2. The van der Waals surface area contributed by atoms with Crippen LogP contribution in [-0.4, -0.2) is 37.7 Å². The predicted molar refractivity (Wildman–Crippen MR) is 103 cm³/mol. The van der Waals surface area contributed by atoms with Crippen molar-refractivity contribution in [1.29, 1.82) is 0 Å². The van der Waals surface area contributed by atoms with E-state index in [1.165, 1.54) is 0 Å². The van der Waals surface area contributed by atoms with E-state index in [1.807, 2.05) is 12.1 Å². The molecule has 4 aromatic rings. The Balaban J connectivity index is 1.92. The highest BCUT2D eigenvalue weighted by Crippen LogP contribution is 2.28. The number of nitrogens with one attached hydrogen (secondary N) is 2. The number of hydrogen-bond acceptors (Lipinski definition) is 4. The van der Waals surface area contributed by atoms with Crippen LogP contribution >= 0.6 is 27.5 Å². The van der Waals surface area contributed by atoms with Crippen LogP contribution in [0.3, 0.4) is 0 Å². The van der Waals surface area contributed by atoms with Crippen LogP contribution in [-0.2, 0) is 0 Å². The first-order chi connectivity index (χ1) is 12.6. The van der Waals surface area contributed by atoms with E-state index in [0.29, 0.717) is 38.0 Å². The first-order valence-electron chi connectivity index (χ1n) is 7.66. The first kappa shape index (κ1) is 16.7. The number of rotatable bonds is 3. The summed E-state index contributed by atoms with van der Waals surface area (Å²) in [5.41, 5.74) is 2.49. The van der Waals surface area contributed by atoms with Gasteiger partial charge in [0.25, 0.3) is 5.91 Å². The maximum absolute atomic E-state index is 12.1. The summed E-state index contributed by atoms with van der Waals surface area (Å²) in [4.78, 5) is 24.2. The van der Waals surface area contributed by atoms with Crippen molar-refractivity contribution in [3.05, 3.63) is 57.8 Å². The molecule has 3 aromatic heterocycles. The molecule has 3 heterocycles. The number of nitrogens with zero attached hydrogens (tertiary/aromatic N) is 4. The molecule has 0 radical (unpaired) electrons. The van der Waals surface area contributed by atoms with Gasteiger partial charge in [-0.1, -0.05) is 17.7 Å². The molecule has 7 nitrogen and oxygen atoms in total. The zero-order valence-corrected chi connectivity index (χ0v) is 15.8. The molecule has 0 bridgehead atoms. The highest BCUT2D eigenvalue weighted by atomic mass is 79.9. The highest BCUT2D eigenvalue weighted by Gasteiger charge is 2.19. The molecule has 26 heavy (non-hydrogen) atoms. The Labute approximate surface area is 161 Å². The van der Waals surface area contributed by atoms with E-state index in [2.05, 4.69) is 41.3 Å². The summed E-state index contributed by atoms with van der Waals surface area (Å²) in [6.07, 6.45) is 1.64. The Kier molecular flexibility index (Phi) is 4.21. The van der Waals surface area contributed by atoms with Crippen LogP contribution < -0.4 is 5.32 Å². The molecule has 1 aromatic carbocycles. The van der Waals surface area contributed by atoms with Gasteiger partial charge in [-0.3, -0.25) is 4.79 Å². The Hall–Kier alpha value is -2.71. The molecule has 0 aliphatic carbocycles. The molecule has 2 N–H and O–H groups in total. The van der Waals surface area contributed by atoms with Crippen LogP contribution in [0.5, 0.6) is 0 Å². The lowest BCUT2D eigenvalue weighted by Crippen LogP contribution is -2.18. The number of imidazole rings is 1. The molecule has 4 rings (SSSR count). The van der Waals surface area contributed by atoms with Gasteiger partial charge in [0, 0.05) is 19.3 Å².